The lowest BCUT2D eigenvalue weighted by Crippen LogP contribution is -2.43. The number of aryl methyl sites for hydroxylation is 1. The van der Waals surface area contributed by atoms with Crippen molar-refractivity contribution >= 4 is 10.0 Å². The molecule has 0 aromatic heterocycles. The van der Waals surface area contributed by atoms with Gasteiger partial charge in [0.1, 0.15) is 0 Å². The smallest absolute Gasteiger partial charge is 0.240 e. The zero-order valence-corrected chi connectivity index (χ0v) is 12.7. The summed E-state index contributed by atoms with van der Waals surface area (Å²) in [5.74, 6) is 0.166. The van der Waals surface area contributed by atoms with Crippen molar-refractivity contribution in [2.75, 3.05) is 6.54 Å². The minimum Gasteiger partial charge on any atom is -0.329 e. The van der Waals surface area contributed by atoms with E-state index in [1.807, 2.05) is 26.0 Å². The molecule has 0 bridgehead atoms. The summed E-state index contributed by atoms with van der Waals surface area (Å²) in [7, 11) is -3.48. The van der Waals surface area contributed by atoms with Crippen molar-refractivity contribution in [2.45, 2.75) is 44.6 Å². The van der Waals surface area contributed by atoms with Gasteiger partial charge in [0.25, 0.3) is 0 Å². The van der Waals surface area contributed by atoms with Crippen molar-refractivity contribution in [3.05, 3.63) is 29.8 Å². The monoisotopic (exact) mass is 284 g/mol. The first-order valence-electron chi connectivity index (χ1n) is 6.72. The average molecular weight is 284 g/mol. The first-order chi connectivity index (χ1) is 8.90. The number of nitrogens with two attached hydrogens (primary N) is 1. The van der Waals surface area contributed by atoms with Gasteiger partial charge in [-0.25, -0.2) is 13.1 Å². The molecule has 1 aromatic rings. The predicted octanol–water partition coefficient (Wildman–Crippen LogP) is 1.90. The zero-order chi connectivity index (χ0) is 14.5. The van der Waals surface area contributed by atoms with Gasteiger partial charge in [0.05, 0.1) is 4.90 Å². The number of hydrogen-bond donors (Lipinski definition) is 2. The van der Waals surface area contributed by atoms with Crippen LogP contribution >= 0.6 is 0 Å². The summed E-state index contributed by atoms with van der Waals surface area (Å²) in [5, 5.41) is 0. The van der Waals surface area contributed by atoms with Crippen LogP contribution < -0.4 is 10.5 Å². The Kier molecular flexibility index (Phi) is 5.97. The van der Waals surface area contributed by atoms with Crippen LogP contribution in [0, 0.1) is 5.92 Å². The van der Waals surface area contributed by atoms with Crippen LogP contribution in [0.4, 0.5) is 0 Å². The summed E-state index contributed by atoms with van der Waals surface area (Å²) in [6.07, 6.45) is 2.01. The Bertz CT molecular complexity index is 481. The number of sulfonamides is 1. The van der Waals surface area contributed by atoms with Crippen molar-refractivity contribution in [1.82, 2.24) is 4.72 Å². The minimum atomic E-state index is -3.48. The van der Waals surface area contributed by atoms with E-state index in [0.717, 1.165) is 18.4 Å². The van der Waals surface area contributed by atoms with Crippen LogP contribution in [0.5, 0.6) is 0 Å². The lowest BCUT2D eigenvalue weighted by molar-refractivity contribution is 0.455. The van der Waals surface area contributed by atoms with Gasteiger partial charge in [-0.3, -0.25) is 0 Å². The molecule has 0 amide bonds. The summed E-state index contributed by atoms with van der Waals surface area (Å²) in [6, 6.07) is 6.80. The first-order valence-corrected chi connectivity index (χ1v) is 8.20. The van der Waals surface area contributed by atoms with E-state index in [9.17, 15) is 8.42 Å². The molecule has 4 nitrogen and oxygen atoms in total. The maximum atomic E-state index is 12.2. The summed E-state index contributed by atoms with van der Waals surface area (Å²) < 4.78 is 27.1. The maximum Gasteiger partial charge on any atom is 0.240 e. The number of nitrogens with one attached hydrogen (secondary N) is 1. The van der Waals surface area contributed by atoms with Gasteiger partial charge in [-0.15, -0.1) is 0 Å². The maximum absolute atomic E-state index is 12.2. The van der Waals surface area contributed by atoms with Gasteiger partial charge in [-0.1, -0.05) is 39.3 Å². The molecule has 0 aliphatic rings. The van der Waals surface area contributed by atoms with E-state index in [1.54, 1.807) is 12.1 Å². The fourth-order valence-electron chi connectivity index (χ4n) is 1.85. The van der Waals surface area contributed by atoms with E-state index in [4.69, 9.17) is 5.73 Å². The molecule has 1 unspecified atom stereocenters. The van der Waals surface area contributed by atoms with Gasteiger partial charge in [-0.2, -0.15) is 0 Å². The Morgan fingerprint density at radius 3 is 2.21 bits per heavy atom. The van der Waals surface area contributed by atoms with Gasteiger partial charge in [0, 0.05) is 12.6 Å². The second kappa shape index (κ2) is 7.03. The van der Waals surface area contributed by atoms with Crippen LogP contribution in [0.15, 0.2) is 29.2 Å². The fourth-order valence-corrected chi connectivity index (χ4v) is 3.25. The first kappa shape index (κ1) is 16.1. The van der Waals surface area contributed by atoms with Crippen LogP contribution in [-0.2, 0) is 16.4 Å². The number of benzene rings is 1. The summed E-state index contributed by atoms with van der Waals surface area (Å²) in [4.78, 5) is 0.298. The highest BCUT2D eigenvalue weighted by atomic mass is 32.2. The molecule has 0 aliphatic heterocycles. The van der Waals surface area contributed by atoms with E-state index >= 15 is 0 Å². The molecule has 0 saturated heterocycles. The zero-order valence-electron chi connectivity index (χ0n) is 11.9. The van der Waals surface area contributed by atoms with E-state index in [2.05, 4.69) is 11.6 Å². The van der Waals surface area contributed by atoms with Crippen LogP contribution in [-0.4, -0.2) is 21.0 Å². The Balaban J connectivity index is 2.87. The predicted molar refractivity (Wildman–Crippen MR) is 78.4 cm³/mol. The third-order valence-corrected chi connectivity index (χ3v) is 4.64. The summed E-state index contributed by atoms with van der Waals surface area (Å²) in [6.45, 7) is 6.29. The van der Waals surface area contributed by atoms with Gasteiger partial charge in [0.2, 0.25) is 10.0 Å². The molecule has 1 aromatic carbocycles. The fraction of sp³-hybridized carbons (Fsp3) is 0.571. The van der Waals surface area contributed by atoms with Crippen molar-refractivity contribution in [3.8, 4) is 0 Å². The molecule has 1 rings (SSSR count). The van der Waals surface area contributed by atoms with E-state index in [1.165, 1.54) is 0 Å². The molecule has 3 N–H and O–H groups in total. The third-order valence-electron chi connectivity index (χ3n) is 3.14. The molecular weight excluding hydrogens is 260 g/mol. The molecule has 5 heteroatoms. The molecular formula is C14H24N2O2S. The number of rotatable bonds is 7. The van der Waals surface area contributed by atoms with E-state index in [-0.39, 0.29) is 12.0 Å². The molecule has 108 valence electrons. The lowest BCUT2D eigenvalue weighted by atomic mass is 10.1. The molecule has 0 radical (unpaired) electrons. The van der Waals surface area contributed by atoms with Gasteiger partial charge < -0.3 is 5.73 Å². The lowest BCUT2D eigenvalue weighted by Gasteiger charge is -2.20. The Labute approximate surface area is 116 Å². The Morgan fingerprint density at radius 1 is 1.21 bits per heavy atom. The minimum absolute atomic E-state index is 0.166. The van der Waals surface area contributed by atoms with Crippen LogP contribution in [0.3, 0.4) is 0 Å². The van der Waals surface area contributed by atoms with Crippen molar-refractivity contribution in [1.29, 1.82) is 0 Å². The van der Waals surface area contributed by atoms with Crippen molar-refractivity contribution in [3.63, 3.8) is 0 Å². The molecule has 0 spiro atoms. The highest BCUT2D eigenvalue weighted by Gasteiger charge is 2.21. The highest BCUT2D eigenvalue weighted by Crippen LogP contribution is 2.13. The van der Waals surface area contributed by atoms with Gasteiger partial charge in [-0.05, 0) is 30.0 Å². The Morgan fingerprint density at radius 2 is 1.79 bits per heavy atom. The van der Waals surface area contributed by atoms with Crippen molar-refractivity contribution in [2.24, 2.45) is 11.7 Å². The highest BCUT2D eigenvalue weighted by molar-refractivity contribution is 7.89. The van der Waals surface area contributed by atoms with Crippen LogP contribution in [0.25, 0.3) is 0 Å². The largest absolute Gasteiger partial charge is 0.329 e. The van der Waals surface area contributed by atoms with Gasteiger partial charge >= 0.3 is 0 Å². The third kappa shape index (κ3) is 4.60. The summed E-state index contributed by atoms with van der Waals surface area (Å²) in [5.41, 5.74) is 6.75. The quantitative estimate of drug-likeness (QED) is 0.803. The normalized spacial score (nSPS) is 13.7. The molecule has 19 heavy (non-hydrogen) atoms. The van der Waals surface area contributed by atoms with Crippen molar-refractivity contribution < 1.29 is 8.42 Å². The van der Waals surface area contributed by atoms with E-state index in [0.29, 0.717) is 11.4 Å². The second-order valence-electron chi connectivity index (χ2n) is 5.10. The average Bonchev–Trinajstić information content (AvgIpc) is 2.37. The SMILES string of the molecule is CCCc1ccc(S(=O)(=O)NC(CN)C(C)C)cc1. The topological polar surface area (TPSA) is 72.2 Å². The molecule has 1 atom stereocenters. The molecule has 0 fully saturated rings. The standard InChI is InChI=1S/C14H24N2O2S/c1-4-5-12-6-8-13(9-7-12)19(17,18)16-14(10-15)11(2)3/h6-9,11,14,16H,4-5,10,15H2,1-3H3. The molecule has 0 saturated carbocycles. The number of hydrogen-bond acceptors (Lipinski definition) is 3. The van der Waals surface area contributed by atoms with Gasteiger partial charge in [0.15, 0.2) is 0 Å². The molecule has 0 aliphatic carbocycles. The van der Waals surface area contributed by atoms with Crippen LogP contribution in [0.2, 0.25) is 0 Å². The molecule has 0 heterocycles. The van der Waals surface area contributed by atoms with E-state index < -0.39 is 10.0 Å². The Hall–Kier alpha value is -0.910. The summed E-state index contributed by atoms with van der Waals surface area (Å²) >= 11 is 0. The second-order valence-corrected chi connectivity index (χ2v) is 6.82. The van der Waals surface area contributed by atoms with Crippen LogP contribution in [0.1, 0.15) is 32.8 Å².